The number of nitrogens with zero attached hydrogens (tertiary/aromatic N) is 3. The molecule has 136 valence electrons. The third-order valence-electron chi connectivity index (χ3n) is 3.63. The van der Waals surface area contributed by atoms with Crippen LogP contribution in [0, 0.1) is 0 Å². The third kappa shape index (κ3) is 5.02. The molecule has 2 heterocycles. The molecule has 1 aliphatic rings. The van der Waals surface area contributed by atoms with Crippen molar-refractivity contribution in [2.24, 2.45) is 0 Å². The highest BCUT2D eigenvalue weighted by Gasteiger charge is 2.20. The van der Waals surface area contributed by atoms with Gasteiger partial charge in [-0.3, -0.25) is 9.62 Å². The first kappa shape index (κ1) is 18.8. The fourth-order valence-corrected chi connectivity index (χ4v) is 4.95. The van der Waals surface area contributed by atoms with Gasteiger partial charge in [-0.05, 0) is 18.2 Å². The van der Waals surface area contributed by atoms with Gasteiger partial charge < -0.3 is 4.74 Å². The summed E-state index contributed by atoms with van der Waals surface area (Å²) < 4.78 is 36.8. The molecule has 0 saturated carbocycles. The highest BCUT2D eigenvalue weighted by Crippen LogP contribution is 2.27. The van der Waals surface area contributed by atoms with Crippen molar-refractivity contribution in [3.8, 4) is 0 Å². The summed E-state index contributed by atoms with van der Waals surface area (Å²) in [4.78, 5) is 6.46. The van der Waals surface area contributed by atoms with Gasteiger partial charge in [0.2, 0.25) is 5.13 Å². The molecule has 0 aliphatic carbocycles. The van der Waals surface area contributed by atoms with Gasteiger partial charge in [-0.1, -0.05) is 23.2 Å². The van der Waals surface area contributed by atoms with Crippen LogP contribution in [-0.2, 0) is 21.2 Å². The zero-order chi connectivity index (χ0) is 17.9. The zero-order valence-electron chi connectivity index (χ0n) is 13.1. The Morgan fingerprint density at radius 3 is 2.76 bits per heavy atom. The van der Waals surface area contributed by atoms with E-state index in [1.807, 2.05) is 0 Å². The predicted octanol–water partition coefficient (Wildman–Crippen LogP) is 2.52. The van der Waals surface area contributed by atoms with E-state index < -0.39 is 10.0 Å². The van der Waals surface area contributed by atoms with Crippen molar-refractivity contribution in [2.45, 2.75) is 11.3 Å². The summed E-state index contributed by atoms with van der Waals surface area (Å²) in [5, 5.41) is 0.630. The van der Waals surface area contributed by atoms with Gasteiger partial charge in [0.25, 0.3) is 10.0 Å². The molecule has 1 N–H and O–H groups in total. The standard InChI is InChI=1S/C14H16Cl2N4O3S2/c15-10-1-2-12(11(16)9-10)25(21,22)19-14-17-13(18-24-14)3-4-20-5-7-23-8-6-20/h1-2,9H,3-8H2,(H,17,18,19). The summed E-state index contributed by atoms with van der Waals surface area (Å²) in [5.74, 6) is 0.608. The molecule has 0 amide bonds. The summed E-state index contributed by atoms with van der Waals surface area (Å²) in [6.45, 7) is 4.06. The van der Waals surface area contributed by atoms with Gasteiger partial charge in [0.15, 0.2) is 0 Å². The Morgan fingerprint density at radius 1 is 1.28 bits per heavy atom. The van der Waals surface area contributed by atoms with Gasteiger partial charge in [-0.2, -0.15) is 4.37 Å². The maximum atomic E-state index is 12.4. The van der Waals surface area contributed by atoms with Crippen LogP contribution in [-0.4, -0.2) is 55.5 Å². The fourth-order valence-electron chi connectivity index (χ4n) is 2.34. The van der Waals surface area contributed by atoms with Crippen LogP contribution in [0.25, 0.3) is 0 Å². The second-order valence-electron chi connectivity index (χ2n) is 5.40. The monoisotopic (exact) mass is 422 g/mol. The second-order valence-corrected chi connectivity index (χ2v) is 8.65. The van der Waals surface area contributed by atoms with Crippen molar-refractivity contribution in [3.05, 3.63) is 34.1 Å². The molecule has 3 rings (SSSR count). The third-order valence-corrected chi connectivity index (χ3v) is 6.48. The maximum Gasteiger partial charge on any atom is 0.265 e. The molecule has 0 unspecified atom stereocenters. The molecule has 1 fully saturated rings. The number of morpholine rings is 1. The van der Waals surface area contributed by atoms with Crippen LogP contribution < -0.4 is 4.72 Å². The first-order chi connectivity index (χ1) is 11.9. The molecule has 1 aromatic carbocycles. The van der Waals surface area contributed by atoms with Crippen molar-refractivity contribution < 1.29 is 13.2 Å². The minimum Gasteiger partial charge on any atom is -0.379 e. The zero-order valence-corrected chi connectivity index (χ0v) is 16.3. The molecule has 1 saturated heterocycles. The van der Waals surface area contributed by atoms with Crippen LogP contribution in [0.2, 0.25) is 10.0 Å². The topological polar surface area (TPSA) is 84.4 Å². The summed E-state index contributed by atoms with van der Waals surface area (Å²) >= 11 is 12.8. The van der Waals surface area contributed by atoms with E-state index in [1.54, 1.807) is 0 Å². The lowest BCUT2D eigenvalue weighted by atomic mass is 10.3. The molecule has 0 radical (unpaired) electrons. The number of aromatic nitrogens is 2. The van der Waals surface area contributed by atoms with E-state index in [2.05, 4.69) is 19.0 Å². The molecule has 7 nitrogen and oxygen atoms in total. The Bertz CT molecular complexity index is 838. The van der Waals surface area contributed by atoms with Crippen molar-refractivity contribution in [2.75, 3.05) is 37.6 Å². The minimum absolute atomic E-state index is 0.0522. The van der Waals surface area contributed by atoms with E-state index >= 15 is 0 Å². The normalized spacial score (nSPS) is 16.1. The number of anilines is 1. The molecule has 0 bridgehead atoms. The average Bonchev–Trinajstić information content (AvgIpc) is 3.00. The number of hydrogen-bond acceptors (Lipinski definition) is 7. The lowest BCUT2D eigenvalue weighted by Crippen LogP contribution is -2.37. The molecule has 11 heteroatoms. The first-order valence-electron chi connectivity index (χ1n) is 7.54. The number of hydrogen-bond donors (Lipinski definition) is 1. The lowest BCUT2D eigenvalue weighted by Gasteiger charge is -2.25. The van der Waals surface area contributed by atoms with Gasteiger partial charge in [0.1, 0.15) is 10.7 Å². The van der Waals surface area contributed by atoms with Crippen LogP contribution in [0.1, 0.15) is 5.82 Å². The van der Waals surface area contributed by atoms with E-state index in [4.69, 9.17) is 27.9 Å². The van der Waals surface area contributed by atoms with E-state index in [-0.39, 0.29) is 15.0 Å². The summed E-state index contributed by atoms with van der Waals surface area (Å²) in [6.07, 6.45) is 0.653. The largest absolute Gasteiger partial charge is 0.379 e. The highest BCUT2D eigenvalue weighted by molar-refractivity contribution is 7.93. The van der Waals surface area contributed by atoms with Gasteiger partial charge in [0.05, 0.1) is 18.2 Å². The molecule has 0 atom stereocenters. The van der Waals surface area contributed by atoms with Crippen LogP contribution in [0.4, 0.5) is 5.13 Å². The van der Waals surface area contributed by atoms with Crippen molar-refractivity contribution in [3.63, 3.8) is 0 Å². The Hall–Kier alpha value is -0.970. The number of sulfonamides is 1. The lowest BCUT2D eigenvalue weighted by molar-refractivity contribution is 0.0382. The minimum atomic E-state index is -3.84. The van der Waals surface area contributed by atoms with E-state index in [0.717, 1.165) is 44.4 Å². The van der Waals surface area contributed by atoms with Gasteiger partial charge in [-0.25, -0.2) is 13.4 Å². The molecular weight excluding hydrogens is 407 g/mol. The van der Waals surface area contributed by atoms with Crippen molar-refractivity contribution in [1.29, 1.82) is 0 Å². The molecular formula is C14H16Cl2N4O3S2. The van der Waals surface area contributed by atoms with E-state index in [0.29, 0.717) is 17.3 Å². The van der Waals surface area contributed by atoms with Gasteiger partial charge in [0, 0.05) is 42.6 Å². The molecule has 0 spiro atoms. The SMILES string of the molecule is O=S(=O)(Nc1nc(CCN2CCOCC2)ns1)c1ccc(Cl)cc1Cl. The number of rotatable bonds is 6. The smallest absolute Gasteiger partial charge is 0.265 e. The maximum absolute atomic E-state index is 12.4. The van der Waals surface area contributed by atoms with E-state index in [1.165, 1.54) is 18.2 Å². The number of ether oxygens (including phenoxy) is 1. The van der Waals surface area contributed by atoms with E-state index in [9.17, 15) is 8.42 Å². The summed E-state index contributed by atoms with van der Waals surface area (Å²) in [6, 6.07) is 4.20. The Balaban J connectivity index is 1.63. The van der Waals surface area contributed by atoms with Crippen LogP contribution in [0.15, 0.2) is 23.1 Å². The number of halogens is 2. The quantitative estimate of drug-likeness (QED) is 0.769. The van der Waals surface area contributed by atoms with Gasteiger partial charge >= 0.3 is 0 Å². The molecule has 2 aromatic rings. The fraction of sp³-hybridized carbons (Fsp3) is 0.429. The van der Waals surface area contributed by atoms with Crippen LogP contribution >= 0.6 is 34.7 Å². The number of nitrogens with one attached hydrogen (secondary N) is 1. The Kier molecular flexibility index (Phi) is 6.13. The number of benzene rings is 1. The molecule has 1 aliphatic heterocycles. The average molecular weight is 423 g/mol. The summed E-state index contributed by atoms with van der Waals surface area (Å²) in [7, 11) is -3.84. The van der Waals surface area contributed by atoms with Crippen molar-refractivity contribution in [1.82, 2.24) is 14.3 Å². The highest BCUT2D eigenvalue weighted by atomic mass is 35.5. The first-order valence-corrected chi connectivity index (χ1v) is 10.6. The van der Waals surface area contributed by atoms with Gasteiger partial charge in [-0.15, -0.1) is 0 Å². The Morgan fingerprint density at radius 2 is 2.04 bits per heavy atom. The molecule has 25 heavy (non-hydrogen) atoms. The second kappa shape index (κ2) is 8.15. The molecule has 1 aromatic heterocycles. The van der Waals surface area contributed by atoms with Crippen LogP contribution in [0.5, 0.6) is 0 Å². The Labute approximate surface area is 160 Å². The summed E-state index contributed by atoms with van der Waals surface area (Å²) in [5.41, 5.74) is 0. The van der Waals surface area contributed by atoms with Crippen molar-refractivity contribution >= 4 is 49.9 Å². The predicted molar refractivity (Wildman–Crippen MR) is 98.1 cm³/mol. The van der Waals surface area contributed by atoms with Crippen LogP contribution in [0.3, 0.4) is 0 Å².